The molecule has 0 bridgehead atoms. The molecular weight excluding hydrogens is 426 g/mol. The van der Waals surface area contributed by atoms with Crippen LogP contribution in [0.1, 0.15) is 15.9 Å². The van der Waals surface area contributed by atoms with E-state index in [4.69, 9.17) is 21.1 Å². The van der Waals surface area contributed by atoms with Crippen LogP contribution in [0.15, 0.2) is 79.1 Å². The van der Waals surface area contributed by atoms with Crippen molar-refractivity contribution in [1.29, 1.82) is 0 Å². The number of hydrogen-bond donors (Lipinski definition) is 1. The topological polar surface area (TPSA) is 65.4 Å². The summed E-state index contributed by atoms with van der Waals surface area (Å²) in [4.78, 5) is 13.1. The second kappa shape index (κ2) is 9.58. The van der Waals surface area contributed by atoms with E-state index in [2.05, 4.69) is 10.4 Å². The molecule has 0 radical (unpaired) electrons. The molecule has 32 heavy (non-hydrogen) atoms. The van der Waals surface area contributed by atoms with Crippen LogP contribution in [-0.2, 0) is 6.54 Å². The number of methoxy groups -OCH3 is 2. The fourth-order valence-electron chi connectivity index (χ4n) is 3.44. The molecule has 1 amide bonds. The summed E-state index contributed by atoms with van der Waals surface area (Å²) in [6.45, 7) is 0.688. The maximum Gasteiger partial charge on any atom is 0.256 e. The molecule has 0 saturated carbocycles. The molecule has 1 heterocycles. The number of halogens is 1. The Bertz CT molecular complexity index is 1220. The van der Waals surface area contributed by atoms with Crippen molar-refractivity contribution in [3.63, 3.8) is 0 Å². The summed E-state index contributed by atoms with van der Waals surface area (Å²) < 4.78 is 12.4. The van der Waals surface area contributed by atoms with E-state index in [0.717, 1.165) is 16.7 Å². The number of ether oxygens (including phenoxy) is 2. The van der Waals surface area contributed by atoms with Gasteiger partial charge < -0.3 is 14.8 Å². The average molecular weight is 448 g/mol. The first-order valence-corrected chi connectivity index (χ1v) is 10.4. The molecule has 0 aliphatic heterocycles. The van der Waals surface area contributed by atoms with Crippen LogP contribution in [0.4, 0.5) is 5.69 Å². The molecule has 1 aromatic heterocycles. The van der Waals surface area contributed by atoms with E-state index in [-0.39, 0.29) is 5.91 Å². The van der Waals surface area contributed by atoms with Crippen molar-refractivity contribution in [2.45, 2.75) is 6.54 Å². The number of carbonyl (C=O) groups excluding carboxylic acids is 1. The quantitative estimate of drug-likeness (QED) is 0.405. The third-order valence-corrected chi connectivity index (χ3v) is 5.37. The Morgan fingerprint density at radius 3 is 2.41 bits per heavy atom. The van der Waals surface area contributed by atoms with Crippen molar-refractivity contribution in [1.82, 2.24) is 9.78 Å². The highest BCUT2D eigenvalue weighted by Crippen LogP contribution is 2.36. The molecule has 0 saturated heterocycles. The monoisotopic (exact) mass is 447 g/mol. The fourth-order valence-corrected chi connectivity index (χ4v) is 3.64. The van der Waals surface area contributed by atoms with Crippen molar-refractivity contribution in [3.05, 3.63) is 95.3 Å². The number of aromatic nitrogens is 2. The molecule has 4 aromatic rings. The molecule has 3 aromatic carbocycles. The van der Waals surface area contributed by atoms with E-state index in [1.165, 1.54) is 14.2 Å². The van der Waals surface area contributed by atoms with Crippen LogP contribution in [0, 0.1) is 0 Å². The van der Waals surface area contributed by atoms with Crippen LogP contribution in [-0.4, -0.2) is 29.9 Å². The minimum atomic E-state index is -0.268. The van der Waals surface area contributed by atoms with Gasteiger partial charge in [0.1, 0.15) is 0 Å². The van der Waals surface area contributed by atoms with Gasteiger partial charge >= 0.3 is 0 Å². The molecule has 162 valence electrons. The number of anilines is 1. The first-order valence-electron chi connectivity index (χ1n) is 9.97. The second-order valence-corrected chi connectivity index (χ2v) is 7.49. The molecule has 0 aliphatic carbocycles. The van der Waals surface area contributed by atoms with E-state index in [0.29, 0.717) is 34.3 Å². The number of benzene rings is 3. The first-order chi connectivity index (χ1) is 15.6. The summed E-state index contributed by atoms with van der Waals surface area (Å²) in [6, 6.07) is 20.7. The molecule has 6 nitrogen and oxygen atoms in total. The van der Waals surface area contributed by atoms with Crippen molar-refractivity contribution in [3.8, 4) is 22.6 Å². The lowest BCUT2D eigenvalue weighted by molar-refractivity contribution is 0.102. The van der Waals surface area contributed by atoms with Gasteiger partial charge in [0.15, 0.2) is 11.5 Å². The Morgan fingerprint density at radius 1 is 1.00 bits per heavy atom. The SMILES string of the molecule is COc1cc(Cl)c(NC(=O)c2ccccc2-c2ccc(Cn3cccn3)cc2)cc1OC. The van der Waals surface area contributed by atoms with E-state index in [1.54, 1.807) is 24.4 Å². The summed E-state index contributed by atoms with van der Waals surface area (Å²) in [6.07, 6.45) is 3.68. The minimum Gasteiger partial charge on any atom is -0.493 e. The summed E-state index contributed by atoms with van der Waals surface area (Å²) >= 11 is 6.34. The zero-order valence-electron chi connectivity index (χ0n) is 17.7. The molecule has 0 aliphatic rings. The third kappa shape index (κ3) is 4.60. The molecule has 0 unspecified atom stereocenters. The van der Waals surface area contributed by atoms with Gasteiger partial charge in [0.05, 0.1) is 31.5 Å². The summed E-state index contributed by atoms with van der Waals surface area (Å²) in [7, 11) is 3.06. The zero-order valence-corrected chi connectivity index (χ0v) is 18.5. The molecule has 7 heteroatoms. The van der Waals surface area contributed by atoms with Crippen LogP contribution in [0.3, 0.4) is 0 Å². The molecule has 0 atom stereocenters. The number of amides is 1. The Hall–Kier alpha value is -3.77. The number of hydrogen-bond acceptors (Lipinski definition) is 4. The number of nitrogens with one attached hydrogen (secondary N) is 1. The van der Waals surface area contributed by atoms with Crippen LogP contribution in [0.5, 0.6) is 11.5 Å². The van der Waals surface area contributed by atoms with E-state index in [1.807, 2.05) is 59.4 Å². The number of rotatable bonds is 7. The maximum atomic E-state index is 13.1. The number of carbonyl (C=O) groups is 1. The van der Waals surface area contributed by atoms with Gasteiger partial charge in [-0.15, -0.1) is 0 Å². The van der Waals surface area contributed by atoms with Gasteiger partial charge in [-0.2, -0.15) is 5.10 Å². The normalized spacial score (nSPS) is 10.6. The van der Waals surface area contributed by atoms with Gasteiger partial charge in [-0.3, -0.25) is 9.48 Å². The van der Waals surface area contributed by atoms with Crippen molar-refractivity contribution in [2.75, 3.05) is 19.5 Å². The molecule has 1 N–H and O–H groups in total. The van der Waals surface area contributed by atoms with Crippen LogP contribution in [0.2, 0.25) is 5.02 Å². The van der Waals surface area contributed by atoms with Crippen molar-refractivity contribution >= 4 is 23.2 Å². The largest absolute Gasteiger partial charge is 0.493 e. The van der Waals surface area contributed by atoms with Gasteiger partial charge in [-0.1, -0.05) is 54.1 Å². The lowest BCUT2D eigenvalue weighted by Gasteiger charge is -2.14. The van der Waals surface area contributed by atoms with E-state index >= 15 is 0 Å². The highest BCUT2D eigenvalue weighted by atomic mass is 35.5. The van der Waals surface area contributed by atoms with Crippen LogP contribution >= 0.6 is 11.6 Å². The zero-order chi connectivity index (χ0) is 22.5. The molecule has 0 spiro atoms. The van der Waals surface area contributed by atoms with Gasteiger partial charge in [0.2, 0.25) is 0 Å². The summed E-state index contributed by atoms with van der Waals surface area (Å²) in [5.74, 6) is 0.703. The summed E-state index contributed by atoms with van der Waals surface area (Å²) in [5, 5.41) is 7.48. The lowest BCUT2D eigenvalue weighted by Crippen LogP contribution is -2.13. The summed E-state index contributed by atoms with van der Waals surface area (Å²) in [5.41, 5.74) is 3.87. The Morgan fingerprint density at radius 2 is 1.72 bits per heavy atom. The van der Waals surface area contributed by atoms with Gasteiger partial charge in [0.25, 0.3) is 5.91 Å². The second-order valence-electron chi connectivity index (χ2n) is 7.09. The average Bonchev–Trinajstić information content (AvgIpc) is 3.33. The van der Waals surface area contributed by atoms with Gasteiger partial charge in [0, 0.05) is 30.1 Å². The Balaban J connectivity index is 1.59. The fraction of sp³-hybridized carbons (Fsp3) is 0.120. The van der Waals surface area contributed by atoms with Gasteiger partial charge in [-0.25, -0.2) is 0 Å². The standard InChI is InChI=1S/C25H22ClN3O3/c1-31-23-14-21(26)22(15-24(23)32-2)28-25(30)20-7-4-3-6-19(20)18-10-8-17(9-11-18)16-29-13-5-12-27-29/h3-15H,16H2,1-2H3,(H,28,30). The Kier molecular flexibility index (Phi) is 6.42. The lowest BCUT2D eigenvalue weighted by atomic mass is 9.98. The highest BCUT2D eigenvalue weighted by molar-refractivity contribution is 6.34. The molecular formula is C25H22ClN3O3. The Labute approximate surface area is 191 Å². The molecule has 0 fully saturated rings. The van der Waals surface area contributed by atoms with Crippen LogP contribution in [0.25, 0.3) is 11.1 Å². The number of nitrogens with zero attached hydrogens (tertiary/aromatic N) is 2. The van der Waals surface area contributed by atoms with Crippen LogP contribution < -0.4 is 14.8 Å². The first kappa shape index (κ1) is 21.5. The smallest absolute Gasteiger partial charge is 0.256 e. The maximum absolute atomic E-state index is 13.1. The predicted octanol–water partition coefficient (Wildman–Crippen LogP) is 5.52. The van der Waals surface area contributed by atoms with E-state index in [9.17, 15) is 4.79 Å². The minimum absolute atomic E-state index is 0.268. The highest BCUT2D eigenvalue weighted by Gasteiger charge is 2.16. The van der Waals surface area contributed by atoms with Crippen molar-refractivity contribution < 1.29 is 14.3 Å². The third-order valence-electron chi connectivity index (χ3n) is 5.06. The van der Waals surface area contributed by atoms with E-state index < -0.39 is 0 Å². The molecule has 4 rings (SSSR count). The predicted molar refractivity (Wildman–Crippen MR) is 126 cm³/mol. The van der Waals surface area contributed by atoms with Gasteiger partial charge in [-0.05, 0) is 28.8 Å². The van der Waals surface area contributed by atoms with Crippen molar-refractivity contribution in [2.24, 2.45) is 0 Å².